The zero-order valence-electron chi connectivity index (χ0n) is 10.6. The van der Waals surface area contributed by atoms with Crippen LogP contribution in [0.3, 0.4) is 0 Å². The van der Waals surface area contributed by atoms with Crippen LogP contribution in [0.5, 0.6) is 0 Å². The number of carbonyl (C=O) groups excluding carboxylic acids is 1. The summed E-state index contributed by atoms with van der Waals surface area (Å²) in [5.41, 5.74) is 1.25. The van der Waals surface area contributed by atoms with E-state index in [9.17, 15) is 4.79 Å². The third-order valence-corrected chi connectivity index (χ3v) is 3.73. The Morgan fingerprint density at radius 3 is 2.47 bits per heavy atom. The highest BCUT2D eigenvalue weighted by Crippen LogP contribution is 2.36. The number of rotatable bonds is 5. The van der Waals surface area contributed by atoms with Gasteiger partial charge in [-0.2, -0.15) is 0 Å². The second kappa shape index (κ2) is 5.46. The first-order valence-electron chi connectivity index (χ1n) is 6.43. The second-order valence-corrected chi connectivity index (χ2v) is 5.35. The zero-order chi connectivity index (χ0) is 12.1. The lowest BCUT2D eigenvalue weighted by atomic mass is 9.87. The van der Waals surface area contributed by atoms with Gasteiger partial charge in [0, 0.05) is 18.5 Å². The Bertz CT molecular complexity index is 354. The molecule has 2 nitrogen and oxygen atoms in total. The van der Waals surface area contributed by atoms with E-state index in [0.717, 1.165) is 25.9 Å². The van der Waals surface area contributed by atoms with E-state index >= 15 is 0 Å². The van der Waals surface area contributed by atoms with Crippen LogP contribution >= 0.6 is 0 Å². The fourth-order valence-corrected chi connectivity index (χ4v) is 2.88. The Morgan fingerprint density at radius 1 is 1.24 bits per heavy atom. The molecule has 0 aromatic heterocycles. The first-order chi connectivity index (χ1) is 8.24. The Labute approximate surface area is 104 Å². The molecule has 0 radical (unpaired) electrons. The van der Waals surface area contributed by atoms with Gasteiger partial charge in [-0.1, -0.05) is 43.2 Å². The molecular formula is C15H21NO. The van der Waals surface area contributed by atoms with Crippen LogP contribution in [0.1, 0.15) is 31.2 Å². The number of benzene rings is 1. The molecule has 0 spiro atoms. The summed E-state index contributed by atoms with van der Waals surface area (Å²) < 4.78 is 0. The number of nitrogens with zero attached hydrogens (tertiary/aromatic N) is 1. The summed E-state index contributed by atoms with van der Waals surface area (Å²) in [5, 5.41) is 0. The Hall–Kier alpha value is -1.15. The number of aldehydes is 1. The Balaban J connectivity index is 1.92. The predicted molar refractivity (Wildman–Crippen MR) is 69.7 cm³/mol. The first-order valence-corrected chi connectivity index (χ1v) is 6.43. The van der Waals surface area contributed by atoms with Crippen LogP contribution in [0, 0.1) is 5.41 Å². The summed E-state index contributed by atoms with van der Waals surface area (Å²) in [5.74, 6) is 0. The van der Waals surface area contributed by atoms with Gasteiger partial charge in [-0.3, -0.25) is 0 Å². The lowest BCUT2D eigenvalue weighted by Gasteiger charge is -2.28. The largest absolute Gasteiger partial charge is 0.303 e. The molecule has 1 saturated carbocycles. The van der Waals surface area contributed by atoms with Crippen molar-refractivity contribution in [3.8, 4) is 0 Å². The highest BCUT2D eigenvalue weighted by atomic mass is 16.1. The quantitative estimate of drug-likeness (QED) is 0.726. The molecule has 17 heavy (non-hydrogen) atoms. The van der Waals surface area contributed by atoms with Crippen LogP contribution in [-0.2, 0) is 11.3 Å². The van der Waals surface area contributed by atoms with Crippen molar-refractivity contribution in [3.05, 3.63) is 35.9 Å². The molecule has 0 heterocycles. The molecule has 0 bridgehead atoms. The van der Waals surface area contributed by atoms with Gasteiger partial charge in [0.1, 0.15) is 6.29 Å². The monoisotopic (exact) mass is 231 g/mol. The van der Waals surface area contributed by atoms with Crippen molar-refractivity contribution in [2.75, 3.05) is 13.6 Å². The van der Waals surface area contributed by atoms with Crippen molar-refractivity contribution in [2.45, 2.75) is 32.2 Å². The summed E-state index contributed by atoms with van der Waals surface area (Å²) in [6.45, 7) is 1.82. The summed E-state index contributed by atoms with van der Waals surface area (Å²) in [7, 11) is 2.11. The second-order valence-electron chi connectivity index (χ2n) is 5.35. The predicted octanol–water partition coefficient (Wildman–Crippen LogP) is 2.88. The van der Waals surface area contributed by atoms with Crippen LogP contribution in [0.2, 0.25) is 0 Å². The maximum absolute atomic E-state index is 11.3. The van der Waals surface area contributed by atoms with Gasteiger partial charge in [-0.15, -0.1) is 0 Å². The summed E-state index contributed by atoms with van der Waals surface area (Å²) in [6.07, 6.45) is 5.74. The summed E-state index contributed by atoms with van der Waals surface area (Å²) in [6, 6.07) is 10.4. The fraction of sp³-hybridized carbons (Fsp3) is 0.533. The summed E-state index contributed by atoms with van der Waals surface area (Å²) in [4.78, 5) is 13.6. The van der Waals surface area contributed by atoms with Gasteiger partial charge in [0.15, 0.2) is 0 Å². The first kappa shape index (κ1) is 12.3. The standard InChI is InChI=1S/C15H21NO/c1-16(11-14-7-3-2-4-8-14)12-15(13-17)9-5-6-10-15/h2-4,7-8,13H,5-6,9-12H2,1H3. The van der Waals surface area contributed by atoms with Crippen LogP contribution < -0.4 is 0 Å². The summed E-state index contributed by atoms with van der Waals surface area (Å²) >= 11 is 0. The Kier molecular flexibility index (Phi) is 3.95. The van der Waals surface area contributed by atoms with Gasteiger partial charge >= 0.3 is 0 Å². The van der Waals surface area contributed by atoms with Gasteiger partial charge in [-0.25, -0.2) is 0 Å². The molecule has 0 N–H and O–H groups in total. The van der Waals surface area contributed by atoms with E-state index in [4.69, 9.17) is 0 Å². The molecule has 0 amide bonds. The van der Waals surface area contributed by atoms with E-state index < -0.39 is 0 Å². The average molecular weight is 231 g/mol. The lowest BCUT2D eigenvalue weighted by molar-refractivity contribution is -0.116. The van der Waals surface area contributed by atoms with Crippen molar-refractivity contribution >= 4 is 6.29 Å². The van der Waals surface area contributed by atoms with Crippen molar-refractivity contribution in [1.29, 1.82) is 0 Å². The number of hydrogen-bond acceptors (Lipinski definition) is 2. The van der Waals surface area contributed by atoms with Gasteiger partial charge in [0.25, 0.3) is 0 Å². The molecule has 2 heteroatoms. The van der Waals surface area contributed by atoms with Crippen LogP contribution in [0.4, 0.5) is 0 Å². The molecular weight excluding hydrogens is 210 g/mol. The number of hydrogen-bond donors (Lipinski definition) is 0. The van der Waals surface area contributed by atoms with Crippen LogP contribution in [-0.4, -0.2) is 24.8 Å². The third-order valence-electron chi connectivity index (χ3n) is 3.73. The van der Waals surface area contributed by atoms with Gasteiger partial charge in [0.2, 0.25) is 0 Å². The molecule has 1 aromatic rings. The van der Waals surface area contributed by atoms with Gasteiger partial charge < -0.3 is 9.69 Å². The Morgan fingerprint density at radius 2 is 1.88 bits per heavy atom. The molecule has 0 saturated heterocycles. The molecule has 92 valence electrons. The van der Waals surface area contributed by atoms with E-state index in [1.807, 2.05) is 6.07 Å². The number of carbonyl (C=O) groups is 1. The minimum atomic E-state index is -0.0659. The van der Waals surface area contributed by atoms with E-state index in [-0.39, 0.29) is 5.41 Å². The molecule has 1 fully saturated rings. The van der Waals surface area contributed by atoms with E-state index in [1.165, 1.54) is 24.7 Å². The molecule has 2 rings (SSSR count). The van der Waals surface area contributed by atoms with Crippen LogP contribution in [0.25, 0.3) is 0 Å². The third kappa shape index (κ3) is 3.16. The van der Waals surface area contributed by atoms with Crippen molar-refractivity contribution in [1.82, 2.24) is 4.90 Å². The van der Waals surface area contributed by atoms with Gasteiger partial charge in [0.05, 0.1) is 0 Å². The normalized spacial score (nSPS) is 18.5. The molecule has 1 aliphatic rings. The SMILES string of the molecule is CN(Cc1ccccc1)CC1(C=O)CCCC1. The van der Waals surface area contributed by atoms with E-state index in [1.54, 1.807) is 0 Å². The lowest BCUT2D eigenvalue weighted by Crippen LogP contribution is -2.34. The van der Waals surface area contributed by atoms with Crippen molar-refractivity contribution in [2.24, 2.45) is 5.41 Å². The smallest absolute Gasteiger partial charge is 0.127 e. The molecule has 0 unspecified atom stereocenters. The topological polar surface area (TPSA) is 20.3 Å². The van der Waals surface area contributed by atoms with E-state index in [2.05, 4.69) is 36.2 Å². The zero-order valence-corrected chi connectivity index (χ0v) is 10.6. The minimum absolute atomic E-state index is 0.0659. The average Bonchev–Trinajstić information content (AvgIpc) is 2.79. The van der Waals surface area contributed by atoms with Crippen molar-refractivity contribution < 1.29 is 4.79 Å². The molecule has 0 atom stereocenters. The maximum Gasteiger partial charge on any atom is 0.127 e. The van der Waals surface area contributed by atoms with Crippen LogP contribution in [0.15, 0.2) is 30.3 Å². The highest BCUT2D eigenvalue weighted by molar-refractivity contribution is 5.60. The molecule has 0 aliphatic heterocycles. The fourth-order valence-electron chi connectivity index (χ4n) is 2.88. The molecule has 1 aliphatic carbocycles. The maximum atomic E-state index is 11.3. The van der Waals surface area contributed by atoms with Crippen molar-refractivity contribution in [3.63, 3.8) is 0 Å². The van der Waals surface area contributed by atoms with Gasteiger partial charge in [-0.05, 0) is 25.5 Å². The molecule has 1 aromatic carbocycles. The van der Waals surface area contributed by atoms with E-state index in [0.29, 0.717) is 0 Å². The minimum Gasteiger partial charge on any atom is -0.303 e. The highest BCUT2D eigenvalue weighted by Gasteiger charge is 2.34.